The van der Waals surface area contributed by atoms with Gasteiger partial charge in [-0.1, -0.05) is 35.9 Å². The van der Waals surface area contributed by atoms with Crippen molar-refractivity contribution in [3.8, 4) is 0 Å². The molecule has 26 heavy (non-hydrogen) atoms. The molecule has 1 fully saturated rings. The molecule has 1 saturated heterocycles. The van der Waals surface area contributed by atoms with Crippen LogP contribution in [0.1, 0.15) is 17.2 Å². The average Bonchev–Trinajstić information content (AvgIpc) is 2.63. The molecule has 2 aromatic carbocycles. The number of hydrogen-bond donors (Lipinski definition) is 1. The number of ether oxygens (including phenoxy) is 1. The van der Waals surface area contributed by atoms with Crippen LogP contribution in [0.25, 0.3) is 0 Å². The molecule has 1 atom stereocenters. The third-order valence-corrected chi connectivity index (χ3v) is 4.41. The maximum atomic E-state index is 12.7. The third kappa shape index (κ3) is 4.28. The minimum atomic E-state index is -4.38. The summed E-state index contributed by atoms with van der Waals surface area (Å²) in [6, 6.07) is 11.3. The van der Waals surface area contributed by atoms with Gasteiger partial charge in [0.2, 0.25) is 0 Å². The first-order valence-corrected chi connectivity index (χ1v) is 8.31. The third-order valence-electron chi connectivity index (χ3n) is 4.08. The van der Waals surface area contributed by atoms with Gasteiger partial charge in [-0.2, -0.15) is 13.2 Å². The van der Waals surface area contributed by atoms with Gasteiger partial charge in [-0.05, 0) is 29.8 Å². The lowest BCUT2D eigenvalue weighted by Gasteiger charge is -2.33. The van der Waals surface area contributed by atoms with E-state index in [9.17, 15) is 18.0 Å². The van der Waals surface area contributed by atoms with Crippen molar-refractivity contribution < 1.29 is 22.7 Å². The van der Waals surface area contributed by atoms with Crippen LogP contribution in [0.15, 0.2) is 48.5 Å². The molecule has 138 valence electrons. The van der Waals surface area contributed by atoms with E-state index in [4.69, 9.17) is 16.3 Å². The Kier molecular flexibility index (Phi) is 5.38. The summed E-state index contributed by atoms with van der Waals surface area (Å²) in [4.78, 5) is 14.0. The summed E-state index contributed by atoms with van der Waals surface area (Å²) in [5, 5.41) is 3.16. The fourth-order valence-corrected chi connectivity index (χ4v) is 2.86. The highest BCUT2D eigenvalue weighted by atomic mass is 35.5. The number of hydrogen-bond acceptors (Lipinski definition) is 2. The van der Waals surface area contributed by atoms with Crippen LogP contribution in [0.2, 0.25) is 5.02 Å². The molecular weight excluding hydrogens is 369 g/mol. The zero-order chi connectivity index (χ0) is 18.7. The normalized spacial score (nSPS) is 17.8. The number of carbonyl (C=O) groups excluding carboxylic acids is 1. The molecule has 1 heterocycles. The SMILES string of the molecule is O=C(Nc1ccccc1Cl)N1CCO[C@H](c2ccc(C(F)(F)F)cc2)C1. The molecular formula is C18H16ClF3N2O2. The van der Waals surface area contributed by atoms with Gasteiger partial charge in [-0.25, -0.2) is 4.79 Å². The standard InChI is InChI=1S/C18H16ClF3N2O2/c19-14-3-1-2-4-15(14)23-17(25)24-9-10-26-16(11-24)12-5-7-13(8-6-12)18(20,21)22/h1-8,16H,9-11H2,(H,23,25)/t16-/m0/s1. The van der Waals surface area contributed by atoms with Crippen molar-refractivity contribution in [3.63, 3.8) is 0 Å². The Labute approximate surface area is 153 Å². The van der Waals surface area contributed by atoms with Crippen molar-refractivity contribution in [3.05, 3.63) is 64.7 Å². The van der Waals surface area contributed by atoms with Crippen LogP contribution in [-0.2, 0) is 10.9 Å². The van der Waals surface area contributed by atoms with Gasteiger partial charge in [0, 0.05) is 6.54 Å². The predicted molar refractivity (Wildman–Crippen MR) is 92.2 cm³/mol. The van der Waals surface area contributed by atoms with E-state index in [0.717, 1.165) is 12.1 Å². The summed E-state index contributed by atoms with van der Waals surface area (Å²) in [6.45, 7) is 0.913. The molecule has 2 amide bonds. The number of anilines is 1. The van der Waals surface area contributed by atoms with E-state index in [1.807, 2.05) is 0 Å². The number of nitrogens with one attached hydrogen (secondary N) is 1. The molecule has 0 unspecified atom stereocenters. The molecule has 2 aromatic rings. The van der Waals surface area contributed by atoms with Gasteiger partial charge in [0.05, 0.1) is 29.4 Å². The van der Waals surface area contributed by atoms with Gasteiger partial charge in [0.1, 0.15) is 6.10 Å². The minimum Gasteiger partial charge on any atom is -0.370 e. The first-order chi connectivity index (χ1) is 12.3. The lowest BCUT2D eigenvalue weighted by Crippen LogP contribution is -2.44. The van der Waals surface area contributed by atoms with Crippen molar-refractivity contribution in [1.82, 2.24) is 4.90 Å². The maximum Gasteiger partial charge on any atom is 0.416 e. The largest absolute Gasteiger partial charge is 0.416 e. The zero-order valence-corrected chi connectivity index (χ0v) is 14.3. The second-order valence-corrected chi connectivity index (χ2v) is 6.24. The van der Waals surface area contributed by atoms with Crippen molar-refractivity contribution in [2.75, 3.05) is 25.0 Å². The number of para-hydroxylation sites is 1. The van der Waals surface area contributed by atoms with Crippen LogP contribution in [-0.4, -0.2) is 30.6 Å². The number of rotatable bonds is 2. The summed E-state index contributed by atoms with van der Waals surface area (Å²) in [6.07, 6.45) is -4.87. The molecule has 0 radical (unpaired) electrons. The Morgan fingerprint density at radius 2 is 1.85 bits per heavy atom. The first kappa shape index (κ1) is 18.5. The highest BCUT2D eigenvalue weighted by molar-refractivity contribution is 6.33. The lowest BCUT2D eigenvalue weighted by molar-refractivity contribution is -0.137. The van der Waals surface area contributed by atoms with E-state index < -0.39 is 17.8 Å². The molecule has 0 aromatic heterocycles. The van der Waals surface area contributed by atoms with Crippen LogP contribution in [0.3, 0.4) is 0 Å². The number of amides is 2. The highest BCUT2D eigenvalue weighted by Gasteiger charge is 2.31. The smallest absolute Gasteiger partial charge is 0.370 e. The zero-order valence-electron chi connectivity index (χ0n) is 13.6. The molecule has 0 aliphatic carbocycles. The number of benzene rings is 2. The topological polar surface area (TPSA) is 41.6 Å². The molecule has 8 heteroatoms. The molecule has 1 aliphatic rings. The molecule has 3 rings (SSSR count). The molecule has 0 saturated carbocycles. The number of morpholine rings is 1. The molecule has 0 bridgehead atoms. The van der Waals surface area contributed by atoms with E-state index >= 15 is 0 Å². The van der Waals surface area contributed by atoms with Crippen LogP contribution in [0.4, 0.5) is 23.7 Å². The predicted octanol–water partition coefficient (Wildman–Crippen LogP) is 4.96. The van der Waals surface area contributed by atoms with Gasteiger partial charge < -0.3 is 15.0 Å². The molecule has 4 nitrogen and oxygen atoms in total. The number of halogens is 4. The fraction of sp³-hybridized carbons (Fsp3) is 0.278. The number of nitrogens with zero attached hydrogens (tertiary/aromatic N) is 1. The second-order valence-electron chi connectivity index (χ2n) is 5.84. The molecule has 0 spiro atoms. The summed E-state index contributed by atoms with van der Waals surface area (Å²) < 4.78 is 43.6. The first-order valence-electron chi connectivity index (χ1n) is 7.94. The summed E-state index contributed by atoms with van der Waals surface area (Å²) in [5.41, 5.74) is 0.371. The average molecular weight is 385 g/mol. The van der Waals surface area contributed by atoms with E-state index in [0.29, 0.717) is 29.4 Å². The Hall–Kier alpha value is -2.25. The van der Waals surface area contributed by atoms with Gasteiger partial charge in [-0.3, -0.25) is 0 Å². The monoisotopic (exact) mass is 384 g/mol. The Morgan fingerprint density at radius 1 is 1.15 bits per heavy atom. The van der Waals surface area contributed by atoms with Crippen molar-refractivity contribution in [1.29, 1.82) is 0 Å². The van der Waals surface area contributed by atoms with Gasteiger partial charge in [-0.15, -0.1) is 0 Å². The van der Waals surface area contributed by atoms with Crippen LogP contribution < -0.4 is 5.32 Å². The fourth-order valence-electron chi connectivity index (χ4n) is 2.68. The highest BCUT2D eigenvalue weighted by Crippen LogP contribution is 2.31. The Balaban J connectivity index is 1.67. The van der Waals surface area contributed by atoms with E-state index in [2.05, 4.69) is 5.32 Å². The number of urea groups is 1. The van der Waals surface area contributed by atoms with Crippen molar-refractivity contribution >= 4 is 23.3 Å². The minimum absolute atomic E-state index is 0.238. The molecule has 1 aliphatic heterocycles. The van der Waals surface area contributed by atoms with Gasteiger partial charge >= 0.3 is 12.2 Å². The number of alkyl halides is 3. The van der Waals surface area contributed by atoms with Crippen molar-refractivity contribution in [2.24, 2.45) is 0 Å². The van der Waals surface area contributed by atoms with Crippen LogP contribution in [0.5, 0.6) is 0 Å². The van der Waals surface area contributed by atoms with E-state index in [1.54, 1.807) is 29.2 Å². The van der Waals surface area contributed by atoms with Crippen LogP contribution in [0, 0.1) is 0 Å². The van der Waals surface area contributed by atoms with Gasteiger partial charge in [0.25, 0.3) is 0 Å². The van der Waals surface area contributed by atoms with Crippen molar-refractivity contribution in [2.45, 2.75) is 12.3 Å². The number of carbonyl (C=O) groups is 1. The summed E-state index contributed by atoms with van der Waals surface area (Å²) in [5.74, 6) is 0. The van der Waals surface area contributed by atoms with Gasteiger partial charge in [0.15, 0.2) is 0 Å². The Bertz CT molecular complexity index is 781. The second kappa shape index (κ2) is 7.55. The quantitative estimate of drug-likeness (QED) is 0.794. The lowest BCUT2D eigenvalue weighted by atomic mass is 10.1. The molecule has 1 N–H and O–H groups in total. The van der Waals surface area contributed by atoms with E-state index in [-0.39, 0.29) is 12.6 Å². The Morgan fingerprint density at radius 3 is 2.50 bits per heavy atom. The van der Waals surface area contributed by atoms with E-state index in [1.165, 1.54) is 12.1 Å². The summed E-state index contributed by atoms with van der Waals surface area (Å²) in [7, 11) is 0. The maximum absolute atomic E-state index is 12.7. The van der Waals surface area contributed by atoms with Crippen LogP contribution >= 0.6 is 11.6 Å². The summed E-state index contributed by atoms with van der Waals surface area (Å²) >= 11 is 6.03.